The molecule has 0 unspecified atom stereocenters. The SMILES string of the molecule is CC(C)c1cccc2c1c1ncc(Oc3cccc(N4CN(C)c5ccccc54)c3)cc1c1nc3ccccc3n21. The zero-order chi connectivity index (χ0) is 27.7. The van der Waals surface area contributed by atoms with Crippen LogP contribution in [0.1, 0.15) is 25.3 Å². The van der Waals surface area contributed by atoms with E-state index >= 15 is 0 Å². The van der Waals surface area contributed by atoms with Crippen LogP contribution < -0.4 is 14.5 Å². The Hall–Kier alpha value is -5.10. The zero-order valence-corrected chi connectivity index (χ0v) is 23.2. The van der Waals surface area contributed by atoms with Crippen molar-refractivity contribution in [1.82, 2.24) is 14.4 Å². The molecule has 6 nitrogen and oxygen atoms in total. The van der Waals surface area contributed by atoms with Gasteiger partial charge in [0.25, 0.3) is 0 Å². The number of hydrogen-bond acceptors (Lipinski definition) is 5. The van der Waals surface area contributed by atoms with Crippen molar-refractivity contribution < 1.29 is 4.74 Å². The van der Waals surface area contributed by atoms with E-state index in [1.54, 1.807) is 0 Å². The van der Waals surface area contributed by atoms with E-state index in [1.165, 1.54) is 22.3 Å². The number of para-hydroxylation sites is 4. The van der Waals surface area contributed by atoms with Crippen LogP contribution in [0.2, 0.25) is 0 Å². The third-order valence-corrected chi connectivity index (χ3v) is 8.14. The van der Waals surface area contributed by atoms with Crippen molar-refractivity contribution in [3.8, 4) is 11.5 Å². The van der Waals surface area contributed by atoms with Crippen LogP contribution >= 0.6 is 0 Å². The van der Waals surface area contributed by atoms with Gasteiger partial charge in [-0.15, -0.1) is 0 Å². The van der Waals surface area contributed by atoms with E-state index in [4.69, 9.17) is 14.7 Å². The molecule has 8 rings (SSSR count). The first-order valence-electron chi connectivity index (χ1n) is 14.0. The monoisotopic (exact) mass is 535 g/mol. The topological polar surface area (TPSA) is 45.9 Å². The van der Waals surface area contributed by atoms with Gasteiger partial charge in [-0.25, -0.2) is 4.98 Å². The number of ether oxygens (including phenoxy) is 1. The van der Waals surface area contributed by atoms with E-state index in [1.807, 2.05) is 24.4 Å². The summed E-state index contributed by atoms with van der Waals surface area (Å²) >= 11 is 0. The lowest BCUT2D eigenvalue weighted by Crippen LogP contribution is -2.23. The second-order valence-electron chi connectivity index (χ2n) is 11.1. The first kappa shape index (κ1) is 23.8. The van der Waals surface area contributed by atoms with Gasteiger partial charge in [0.1, 0.15) is 17.1 Å². The molecule has 3 aromatic heterocycles. The predicted octanol–water partition coefficient (Wildman–Crippen LogP) is 8.65. The zero-order valence-electron chi connectivity index (χ0n) is 23.2. The van der Waals surface area contributed by atoms with Gasteiger partial charge in [0, 0.05) is 29.6 Å². The maximum atomic E-state index is 6.47. The summed E-state index contributed by atoms with van der Waals surface area (Å²) in [5, 5.41) is 2.14. The van der Waals surface area contributed by atoms with E-state index in [0.29, 0.717) is 11.7 Å². The van der Waals surface area contributed by atoms with E-state index in [-0.39, 0.29) is 0 Å². The Morgan fingerprint density at radius 3 is 2.44 bits per heavy atom. The standard InChI is InChI=1S/C35H29N5O/c1-22(2)26-12-9-17-32-33(26)34-27(35-37-28-13-4-5-14-29(28)40(32)35)19-25(20-36-34)41-24-11-8-10-23(18-24)39-21-38(3)30-15-6-7-16-31(30)39/h4-20,22H,21H2,1-3H3. The molecule has 0 saturated heterocycles. The van der Waals surface area contributed by atoms with Crippen LogP contribution in [0, 0.1) is 0 Å². The van der Waals surface area contributed by atoms with Gasteiger partial charge in [0.05, 0.1) is 46.3 Å². The minimum atomic E-state index is 0.351. The highest BCUT2D eigenvalue weighted by Gasteiger charge is 2.24. The number of nitrogens with zero attached hydrogens (tertiary/aromatic N) is 5. The second-order valence-corrected chi connectivity index (χ2v) is 11.1. The number of pyridine rings is 2. The van der Waals surface area contributed by atoms with Gasteiger partial charge in [-0.2, -0.15) is 0 Å². The van der Waals surface area contributed by atoms with Crippen molar-refractivity contribution in [2.45, 2.75) is 19.8 Å². The van der Waals surface area contributed by atoms with E-state index < -0.39 is 0 Å². The molecule has 41 heavy (non-hydrogen) atoms. The molecule has 0 amide bonds. The van der Waals surface area contributed by atoms with Crippen molar-refractivity contribution in [2.75, 3.05) is 23.5 Å². The quantitative estimate of drug-likeness (QED) is 0.211. The molecule has 4 heterocycles. The maximum absolute atomic E-state index is 6.47. The number of imidazole rings is 1. The lowest BCUT2D eigenvalue weighted by Gasteiger charge is -2.20. The molecule has 7 aromatic rings. The Balaban J connectivity index is 1.28. The third-order valence-electron chi connectivity index (χ3n) is 8.14. The first-order chi connectivity index (χ1) is 20.1. The van der Waals surface area contributed by atoms with Gasteiger partial charge in [0.15, 0.2) is 0 Å². The molecule has 0 spiro atoms. The molecule has 6 heteroatoms. The van der Waals surface area contributed by atoms with Crippen molar-refractivity contribution >= 4 is 55.5 Å². The highest BCUT2D eigenvalue weighted by atomic mass is 16.5. The highest BCUT2D eigenvalue weighted by molar-refractivity contribution is 6.13. The molecule has 0 aliphatic carbocycles. The highest BCUT2D eigenvalue weighted by Crippen LogP contribution is 2.41. The number of benzene rings is 4. The van der Waals surface area contributed by atoms with Crippen LogP contribution in [-0.4, -0.2) is 28.1 Å². The molecule has 0 N–H and O–H groups in total. The minimum Gasteiger partial charge on any atom is -0.456 e. The minimum absolute atomic E-state index is 0.351. The molecule has 0 radical (unpaired) electrons. The molecule has 1 aliphatic heterocycles. The molecular formula is C35H29N5O. The fraction of sp³-hybridized carbons (Fsp3) is 0.143. The van der Waals surface area contributed by atoms with Crippen LogP contribution in [0.25, 0.3) is 38.5 Å². The largest absolute Gasteiger partial charge is 0.456 e. The summed E-state index contributed by atoms with van der Waals surface area (Å²) in [4.78, 5) is 14.6. The van der Waals surface area contributed by atoms with Crippen molar-refractivity contribution in [3.63, 3.8) is 0 Å². The van der Waals surface area contributed by atoms with Crippen molar-refractivity contribution in [1.29, 1.82) is 0 Å². The lowest BCUT2D eigenvalue weighted by molar-refractivity contribution is 0.481. The van der Waals surface area contributed by atoms with Crippen LogP contribution in [-0.2, 0) is 0 Å². The normalized spacial score (nSPS) is 13.3. The predicted molar refractivity (Wildman–Crippen MR) is 168 cm³/mol. The summed E-state index contributed by atoms with van der Waals surface area (Å²) in [7, 11) is 2.12. The number of rotatable bonds is 4. The number of hydrogen-bond donors (Lipinski definition) is 0. The molecule has 0 bridgehead atoms. The summed E-state index contributed by atoms with van der Waals surface area (Å²) in [6.45, 7) is 5.26. The average molecular weight is 536 g/mol. The Labute approximate surface area is 238 Å². The fourth-order valence-electron chi connectivity index (χ4n) is 6.26. The maximum Gasteiger partial charge on any atom is 0.148 e. The van der Waals surface area contributed by atoms with Crippen LogP contribution in [0.3, 0.4) is 0 Å². The Bertz CT molecular complexity index is 2130. The molecule has 200 valence electrons. The second kappa shape index (κ2) is 8.96. The summed E-state index contributed by atoms with van der Waals surface area (Å²) in [5.41, 5.74) is 9.79. The molecule has 4 aromatic carbocycles. The number of anilines is 3. The summed E-state index contributed by atoms with van der Waals surface area (Å²) in [5.74, 6) is 1.80. The molecule has 1 aliphatic rings. The van der Waals surface area contributed by atoms with Crippen molar-refractivity contribution in [3.05, 3.63) is 109 Å². The van der Waals surface area contributed by atoms with E-state index in [2.05, 4.69) is 114 Å². The Morgan fingerprint density at radius 1 is 0.780 bits per heavy atom. The summed E-state index contributed by atoms with van der Waals surface area (Å²) < 4.78 is 8.74. The van der Waals surface area contributed by atoms with E-state index in [0.717, 1.165) is 51.2 Å². The molecule has 0 fully saturated rings. The third kappa shape index (κ3) is 3.64. The van der Waals surface area contributed by atoms with Gasteiger partial charge < -0.3 is 14.5 Å². The van der Waals surface area contributed by atoms with Gasteiger partial charge in [0.2, 0.25) is 0 Å². The molecule has 0 saturated carbocycles. The molecule has 0 atom stereocenters. The first-order valence-corrected chi connectivity index (χ1v) is 14.0. The lowest BCUT2D eigenvalue weighted by atomic mass is 9.96. The van der Waals surface area contributed by atoms with Crippen molar-refractivity contribution in [2.24, 2.45) is 0 Å². The van der Waals surface area contributed by atoms with Gasteiger partial charge >= 0.3 is 0 Å². The number of aromatic nitrogens is 3. The smallest absolute Gasteiger partial charge is 0.148 e. The fourth-order valence-corrected chi connectivity index (χ4v) is 6.26. The number of fused-ring (bicyclic) bond motifs is 9. The van der Waals surface area contributed by atoms with Crippen LogP contribution in [0.15, 0.2) is 103 Å². The van der Waals surface area contributed by atoms with Gasteiger partial charge in [-0.3, -0.25) is 9.38 Å². The van der Waals surface area contributed by atoms with Gasteiger partial charge in [-0.1, -0.05) is 56.3 Å². The van der Waals surface area contributed by atoms with Gasteiger partial charge in [-0.05, 0) is 60.0 Å². The summed E-state index contributed by atoms with van der Waals surface area (Å²) in [6, 6.07) is 33.7. The van der Waals surface area contributed by atoms with Crippen LogP contribution in [0.5, 0.6) is 11.5 Å². The molecular weight excluding hydrogens is 506 g/mol. The average Bonchev–Trinajstić information content (AvgIpc) is 3.56. The van der Waals surface area contributed by atoms with Crippen LogP contribution in [0.4, 0.5) is 17.1 Å². The Kier molecular flexibility index (Phi) is 5.19. The van der Waals surface area contributed by atoms with E-state index in [9.17, 15) is 0 Å². The Morgan fingerprint density at radius 2 is 1.56 bits per heavy atom. The summed E-state index contributed by atoms with van der Waals surface area (Å²) in [6.07, 6.45) is 1.84.